The highest BCUT2D eigenvalue weighted by molar-refractivity contribution is 9.10. The summed E-state index contributed by atoms with van der Waals surface area (Å²) in [5.41, 5.74) is 0.858. The summed E-state index contributed by atoms with van der Waals surface area (Å²) in [5.74, 6) is -0.658. The number of anilines is 1. The van der Waals surface area contributed by atoms with Gasteiger partial charge in [-0.1, -0.05) is 28.1 Å². The zero-order valence-corrected chi connectivity index (χ0v) is 11.3. The number of nitrogens with one attached hydrogen (secondary N) is 1. The van der Waals surface area contributed by atoms with Crippen molar-refractivity contribution < 1.29 is 8.78 Å². The van der Waals surface area contributed by atoms with Gasteiger partial charge in [0, 0.05) is 10.0 Å². The second kappa shape index (κ2) is 5.48. The fraction of sp³-hybridized carbons (Fsp3) is 0.143. The van der Waals surface area contributed by atoms with Crippen molar-refractivity contribution in [1.29, 1.82) is 0 Å². The van der Waals surface area contributed by atoms with Crippen LogP contribution in [-0.2, 0) is 0 Å². The molecule has 1 nitrogen and oxygen atoms in total. The Morgan fingerprint density at radius 1 is 1.06 bits per heavy atom. The molecule has 0 bridgehead atoms. The zero-order valence-electron chi connectivity index (χ0n) is 9.75. The molecule has 1 unspecified atom stereocenters. The number of rotatable bonds is 3. The molecule has 1 N–H and O–H groups in total. The molecule has 0 aliphatic rings. The molecule has 0 heterocycles. The normalized spacial score (nSPS) is 12.2. The molecule has 18 heavy (non-hydrogen) atoms. The minimum Gasteiger partial charge on any atom is -0.376 e. The lowest BCUT2D eigenvalue weighted by atomic mass is 10.1. The molecule has 2 rings (SSSR count). The summed E-state index contributed by atoms with van der Waals surface area (Å²) in [4.78, 5) is 0. The highest BCUT2D eigenvalue weighted by Crippen LogP contribution is 2.25. The summed E-state index contributed by atoms with van der Waals surface area (Å²) in [7, 11) is 0. The highest BCUT2D eigenvalue weighted by Gasteiger charge is 2.12. The lowest BCUT2D eigenvalue weighted by molar-refractivity contribution is 0.596. The van der Waals surface area contributed by atoms with Gasteiger partial charge in [-0.25, -0.2) is 8.78 Å². The van der Waals surface area contributed by atoms with Crippen LogP contribution in [0.5, 0.6) is 0 Å². The van der Waals surface area contributed by atoms with Crippen LogP contribution in [0.15, 0.2) is 46.9 Å². The van der Waals surface area contributed by atoms with E-state index in [0.717, 1.165) is 4.47 Å². The Morgan fingerprint density at radius 2 is 1.78 bits per heavy atom. The smallest absolute Gasteiger partial charge is 0.146 e. The van der Waals surface area contributed by atoms with E-state index >= 15 is 0 Å². The third-order valence-electron chi connectivity index (χ3n) is 2.67. The van der Waals surface area contributed by atoms with Crippen LogP contribution in [0.4, 0.5) is 14.5 Å². The zero-order chi connectivity index (χ0) is 13.1. The van der Waals surface area contributed by atoms with Crippen LogP contribution >= 0.6 is 15.9 Å². The van der Waals surface area contributed by atoms with Gasteiger partial charge >= 0.3 is 0 Å². The van der Waals surface area contributed by atoms with Gasteiger partial charge in [0.15, 0.2) is 0 Å². The minimum atomic E-state index is -0.347. The SMILES string of the molecule is CC(Nc1ccccc1F)c1cc(Br)ccc1F. The van der Waals surface area contributed by atoms with E-state index in [2.05, 4.69) is 21.2 Å². The molecular formula is C14H12BrF2N. The molecule has 0 amide bonds. The first kappa shape index (κ1) is 13.0. The summed E-state index contributed by atoms with van der Waals surface area (Å²) < 4.78 is 27.9. The topological polar surface area (TPSA) is 12.0 Å². The first-order valence-corrected chi connectivity index (χ1v) is 6.33. The van der Waals surface area contributed by atoms with Gasteiger partial charge in [-0.3, -0.25) is 0 Å². The summed E-state index contributed by atoms with van der Waals surface area (Å²) in [6, 6.07) is 10.7. The van der Waals surface area contributed by atoms with E-state index in [1.54, 1.807) is 37.3 Å². The Balaban J connectivity index is 2.25. The van der Waals surface area contributed by atoms with Gasteiger partial charge in [0.1, 0.15) is 11.6 Å². The molecule has 0 aliphatic heterocycles. The van der Waals surface area contributed by atoms with E-state index in [0.29, 0.717) is 11.3 Å². The standard InChI is InChI=1S/C14H12BrF2N/c1-9(11-8-10(15)6-7-12(11)16)18-14-5-3-2-4-13(14)17/h2-9,18H,1H3. The second-order valence-electron chi connectivity index (χ2n) is 4.01. The molecule has 94 valence electrons. The van der Waals surface area contributed by atoms with E-state index in [9.17, 15) is 8.78 Å². The van der Waals surface area contributed by atoms with Crippen molar-refractivity contribution >= 4 is 21.6 Å². The van der Waals surface area contributed by atoms with E-state index in [1.807, 2.05) is 0 Å². The van der Waals surface area contributed by atoms with Crippen LogP contribution in [0.25, 0.3) is 0 Å². The largest absolute Gasteiger partial charge is 0.376 e. The van der Waals surface area contributed by atoms with Gasteiger partial charge in [0.05, 0.1) is 11.7 Å². The summed E-state index contributed by atoms with van der Waals surface area (Å²) in [6.45, 7) is 1.79. The predicted octanol–water partition coefficient (Wildman–Crippen LogP) is 4.90. The molecule has 0 radical (unpaired) electrons. The third-order valence-corrected chi connectivity index (χ3v) is 3.16. The average molecular weight is 312 g/mol. The van der Waals surface area contributed by atoms with Crippen LogP contribution in [0.3, 0.4) is 0 Å². The van der Waals surface area contributed by atoms with Crippen molar-refractivity contribution in [3.05, 3.63) is 64.1 Å². The Labute approximate surface area is 113 Å². The molecule has 1 atom stereocenters. The van der Waals surface area contributed by atoms with Crippen molar-refractivity contribution in [3.8, 4) is 0 Å². The summed E-state index contributed by atoms with van der Waals surface area (Å²) in [5, 5.41) is 2.96. The van der Waals surface area contributed by atoms with Gasteiger partial charge in [-0.05, 0) is 37.3 Å². The van der Waals surface area contributed by atoms with Crippen molar-refractivity contribution in [1.82, 2.24) is 0 Å². The number of benzene rings is 2. The van der Waals surface area contributed by atoms with Crippen molar-refractivity contribution in [2.45, 2.75) is 13.0 Å². The van der Waals surface area contributed by atoms with Crippen LogP contribution in [0, 0.1) is 11.6 Å². The summed E-state index contributed by atoms with van der Waals surface area (Å²) >= 11 is 3.30. The van der Waals surface area contributed by atoms with Crippen molar-refractivity contribution in [3.63, 3.8) is 0 Å². The quantitative estimate of drug-likeness (QED) is 0.850. The Kier molecular flexibility index (Phi) is 3.97. The predicted molar refractivity (Wildman–Crippen MR) is 72.5 cm³/mol. The van der Waals surface area contributed by atoms with E-state index in [1.165, 1.54) is 12.1 Å². The van der Waals surface area contributed by atoms with Gasteiger partial charge in [0.2, 0.25) is 0 Å². The molecular weight excluding hydrogens is 300 g/mol. The number of halogens is 3. The molecule has 0 aliphatic carbocycles. The number of hydrogen-bond donors (Lipinski definition) is 1. The fourth-order valence-corrected chi connectivity index (χ4v) is 2.11. The molecule has 2 aromatic rings. The third kappa shape index (κ3) is 2.88. The van der Waals surface area contributed by atoms with Gasteiger partial charge in [-0.2, -0.15) is 0 Å². The lowest BCUT2D eigenvalue weighted by Gasteiger charge is -2.17. The van der Waals surface area contributed by atoms with Crippen LogP contribution in [-0.4, -0.2) is 0 Å². The highest BCUT2D eigenvalue weighted by atomic mass is 79.9. The van der Waals surface area contributed by atoms with Gasteiger partial charge < -0.3 is 5.32 Å². The van der Waals surface area contributed by atoms with E-state index in [-0.39, 0.29) is 17.7 Å². The molecule has 0 saturated heterocycles. The molecule has 0 fully saturated rings. The average Bonchev–Trinajstić information content (AvgIpc) is 2.35. The monoisotopic (exact) mass is 311 g/mol. The van der Waals surface area contributed by atoms with Crippen LogP contribution in [0.1, 0.15) is 18.5 Å². The van der Waals surface area contributed by atoms with E-state index in [4.69, 9.17) is 0 Å². The van der Waals surface area contributed by atoms with Crippen LogP contribution < -0.4 is 5.32 Å². The first-order chi connectivity index (χ1) is 8.58. The maximum atomic E-state index is 13.7. The first-order valence-electron chi connectivity index (χ1n) is 5.54. The molecule has 4 heteroatoms. The maximum Gasteiger partial charge on any atom is 0.146 e. The Morgan fingerprint density at radius 3 is 2.50 bits per heavy atom. The maximum absolute atomic E-state index is 13.7. The van der Waals surface area contributed by atoms with E-state index < -0.39 is 0 Å². The van der Waals surface area contributed by atoms with Crippen molar-refractivity contribution in [2.24, 2.45) is 0 Å². The Bertz CT molecular complexity index is 557. The fourth-order valence-electron chi connectivity index (χ4n) is 1.74. The number of para-hydroxylation sites is 1. The molecule has 2 aromatic carbocycles. The summed E-state index contributed by atoms with van der Waals surface area (Å²) in [6.07, 6.45) is 0. The van der Waals surface area contributed by atoms with Gasteiger partial charge in [0.25, 0.3) is 0 Å². The Hall–Kier alpha value is -1.42. The molecule has 0 saturated carbocycles. The van der Waals surface area contributed by atoms with Gasteiger partial charge in [-0.15, -0.1) is 0 Å². The molecule has 0 spiro atoms. The second-order valence-corrected chi connectivity index (χ2v) is 4.93. The molecule has 0 aromatic heterocycles. The number of hydrogen-bond acceptors (Lipinski definition) is 1. The van der Waals surface area contributed by atoms with Crippen LogP contribution in [0.2, 0.25) is 0 Å². The van der Waals surface area contributed by atoms with Crippen molar-refractivity contribution in [2.75, 3.05) is 5.32 Å². The minimum absolute atomic E-state index is 0.311. The lowest BCUT2D eigenvalue weighted by Crippen LogP contribution is -2.09.